The zero-order valence-corrected chi connectivity index (χ0v) is 10.5. The first-order valence-corrected chi connectivity index (χ1v) is 4.93. The Balaban J connectivity index is 0.00000256. The molecule has 0 aliphatic rings. The van der Waals surface area contributed by atoms with Gasteiger partial charge in [-0.15, -0.1) is 12.4 Å². The zero-order chi connectivity index (χ0) is 12.1. The van der Waals surface area contributed by atoms with Crippen molar-refractivity contribution in [3.63, 3.8) is 0 Å². The molecule has 5 nitrogen and oxygen atoms in total. The Labute approximate surface area is 106 Å². The molecule has 2 amide bonds. The molecule has 0 heterocycles. The van der Waals surface area contributed by atoms with Crippen LogP contribution in [0.1, 0.15) is 13.8 Å². The highest BCUT2D eigenvalue weighted by atomic mass is 35.5. The molecule has 1 aromatic rings. The average Bonchev–Trinajstić information content (AvgIpc) is 2.16. The summed E-state index contributed by atoms with van der Waals surface area (Å²) in [7, 11) is 0. The zero-order valence-electron chi connectivity index (χ0n) is 9.69. The van der Waals surface area contributed by atoms with Crippen molar-refractivity contribution in [2.45, 2.75) is 19.9 Å². The first-order valence-electron chi connectivity index (χ1n) is 4.93. The predicted molar refractivity (Wildman–Crippen MR) is 70.3 cm³/mol. The lowest BCUT2D eigenvalue weighted by Gasteiger charge is -2.09. The lowest BCUT2D eigenvalue weighted by atomic mass is 10.2. The maximum atomic E-state index is 11.3. The van der Waals surface area contributed by atoms with E-state index in [9.17, 15) is 9.59 Å². The minimum atomic E-state index is -0.565. The van der Waals surface area contributed by atoms with E-state index in [2.05, 4.69) is 10.6 Å². The van der Waals surface area contributed by atoms with Gasteiger partial charge in [0.25, 0.3) is 0 Å². The number of nitrogens with two attached hydrogens (primary N) is 1. The highest BCUT2D eigenvalue weighted by molar-refractivity contribution is 5.95. The van der Waals surface area contributed by atoms with Gasteiger partial charge in [0.2, 0.25) is 11.8 Å². The summed E-state index contributed by atoms with van der Waals surface area (Å²) in [5, 5.41) is 5.27. The molecule has 0 spiro atoms. The van der Waals surface area contributed by atoms with Crippen LogP contribution in [0.5, 0.6) is 0 Å². The van der Waals surface area contributed by atoms with E-state index in [-0.39, 0.29) is 24.2 Å². The summed E-state index contributed by atoms with van der Waals surface area (Å²) in [5.74, 6) is -0.421. The van der Waals surface area contributed by atoms with Crippen LogP contribution in [0.15, 0.2) is 24.3 Å². The number of benzene rings is 1. The van der Waals surface area contributed by atoms with Gasteiger partial charge in [0.05, 0.1) is 6.04 Å². The van der Waals surface area contributed by atoms with E-state index in [1.807, 2.05) is 0 Å². The molecule has 6 heteroatoms. The third-order valence-electron chi connectivity index (χ3n) is 1.86. The van der Waals surface area contributed by atoms with Crippen LogP contribution in [0.25, 0.3) is 0 Å². The lowest BCUT2D eigenvalue weighted by molar-refractivity contribution is -0.117. The van der Waals surface area contributed by atoms with Gasteiger partial charge in [0.1, 0.15) is 0 Å². The van der Waals surface area contributed by atoms with Crippen LogP contribution in [0.2, 0.25) is 0 Å². The van der Waals surface area contributed by atoms with Crippen LogP contribution in [-0.2, 0) is 9.59 Å². The number of carbonyl (C=O) groups excluding carboxylic acids is 2. The van der Waals surface area contributed by atoms with Gasteiger partial charge in [0.15, 0.2) is 0 Å². The highest BCUT2D eigenvalue weighted by Gasteiger charge is 2.07. The second-order valence-electron chi connectivity index (χ2n) is 3.54. The number of amides is 2. The minimum Gasteiger partial charge on any atom is -0.326 e. The monoisotopic (exact) mass is 257 g/mol. The van der Waals surface area contributed by atoms with Crippen molar-refractivity contribution in [2.24, 2.45) is 5.73 Å². The quantitative estimate of drug-likeness (QED) is 0.764. The molecule has 0 unspecified atom stereocenters. The molecule has 0 saturated heterocycles. The third kappa shape index (κ3) is 5.33. The fraction of sp³-hybridized carbons (Fsp3) is 0.273. The van der Waals surface area contributed by atoms with Gasteiger partial charge < -0.3 is 16.4 Å². The van der Waals surface area contributed by atoms with E-state index in [0.29, 0.717) is 11.4 Å². The topological polar surface area (TPSA) is 84.2 Å². The van der Waals surface area contributed by atoms with Crippen LogP contribution in [0, 0.1) is 0 Å². The van der Waals surface area contributed by atoms with E-state index < -0.39 is 6.04 Å². The van der Waals surface area contributed by atoms with Crippen LogP contribution >= 0.6 is 12.4 Å². The number of halogens is 1. The Hall–Kier alpha value is -1.59. The molecule has 0 aliphatic heterocycles. The largest absolute Gasteiger partial charge is 0.326 e. The van der Waals surface area contributed by atoms with Crippen LogP contribution < -0.4 is 16.4 Å². The number of hydrogen-bond acceptors (Lipinski definition) is 3. The normalized spacial score (nSPS) is 11.0. The second kappa shape index (κ2) is 6.88. The Kier molecular flexibility index (Phi) is 6.23. The number of anilines is 2. The molecule has 94 valence electrons. The summed E-state index contributed by atoms with van der Waals surface area (Å²) in [4.78, 5) is 22.2. The fourth-order valence-electron chi connectivity index (χ4n) is 1.13. The van der Waals surface area contributed by atoms with Gasteiger partial charge in [0, 0.05) is 18.3 Å². The Morgan fingerprint density at radius 3 is 2.24 bits per heavy atom. The van der Waals surface area contributed by atoms with Crippen LogP contribution in [0.4, 0.5) is 11.4 Å². The van der Waals surface area contributed by atoms with Gasteiger partial charge in [-0.3, -0.25) is 9.59 Å². The second-order valence-corrected chi connectivity index (χ2v) is 3.54. The van der Waals surface area contributed by atoms with Crippen molar-refractivity contribution in [3.8, 4) is 0 Å². The minimum absolute atomic E-state index is 0. The Morgan fingerprint density at radius 2 is 1.76 bits per heavy atom. The fourth-order valence-corrected chi connectivity index (χ4v) is 1.13. The highest BCUT2D eigenvalue weighted by Crippen LogP contribution is 2.14. The molecule has 0 saturated carbocycles. The molecular weight excluding hydrogens is 242 g/mol. The molecular formula is C11H16ClN3O2. The molecule has 1 atom stereocenters. The maximum Gasteiger partial charge on any atom is 0.240 e. The van der Waals surface area contributed by atoms with E-state index in [4.69, 9.17) is 5.73 Å². The average molecular weight is 258 g/mol. The van der Waals surface area contributed by atoms with Gasteiger partial charge in [-0.1, -0.05) is 6.07 Å². The first kappa shape index (κ1) is 15.4. The van der Waals surface area contributed by atoms with Crippen molar-refractivity contribution in [3.05, 3.63) is 24.3 Å². The van der Waals surface area contributed by atoms with Gasteiger partial charge >= 0.3 is 0 Å². The lowest BCUT2D eigenvalue weighted by Crippen LogP contribution is -2.32. The molecule has 17 heavy (non-hydrogen) atoms. The van der Waals surface area contributed by atoms with Crippen molar-refractivity contribution in [2.75, 3.05) is 10.6 Å². The molecule has 0 aromatic heterocycles. The third-order valence-corrected chi connectivity index (χ3v) is 1.86. The van der Waals surface area contributed by atoms with Crippen LogP contribution in [-0.4, -0.2) is 17.9 Å². The van der Waals surface area contributed by atoms with Crippen molar-refractivity contribution < 1.29 is 9.59 Å². The summed E-state index contributed by atoms with van der Waals surface area (Å²) in [6.45, 7) is 3.03. The first-order chi connectivity index (χ1) is 7.49. The van der Waals surface area contributed by atoms with Gasteiger partial charge in [-0.25, -0.2) is 0 Å². The number of nitrogens with one attached hydrogen (secondary N) is 2. The van der Waals surface area contributed by atoms with Crippen molar-refractivity contribution >= 4 is 35.6 Å². The molecule has 1 rings (SSSR count). The van der Waals surface area contributed by atoms with Crippen molar-refractivity contribution in [1.82, 2.24) is 0 Å². The predicted octanol–water partition coefficient (Wildman–Crippen LogP) is 1.35. The smallest absolute Gasteiger partial charge is 0.240 e. The van der Waals surface area contributed by atoms with E-state index in [0.717, 1.165) is 0 Å². The molecule has 0 bridgehead atoms. The number of carbonyl (C=O) groups is 2. The molecule has 0 radical (unpaired) electrons. The Morgan fingerprint density at radius 1 is 1.24 bits per heavy atom. The Bertz CT molecular complexity index is 407. The van der Waals surface area contributed by atoms with E-state index >= 15 is 0 Å². The molecule has 0 fully saturated rings. The van der Waals surface area contributed by atoms with Gasteiger partial charge in [-0.2, -0.15) is 0 Å². The van der Waals surface area contributed by atoms with Gasteiger partial charge in [-0.05, 0) is 25.1 Å². The number of hydrogen-bond donors (Lipinski definition) is 3. The standard InChI is InChI=1S/C11H15N3O2.ClH/c1-7(12)11(16)14-10-5-3-4-9(6-10)13-8(2)15;/h3-7H,12H2,1-2H3,(H,13,15)(H,14,16);1H/t7-;/m0./s1. The summed E-state index contributed by atoms with van der Waals surface area (Å²) in [6.07, 6.45) is 0. The molecule has 4 N–H and O–H groups in total. The molecule has 1 aromatic carbocycles. The maximum absolute atomic E-state index is 11.3. The van der Waals surface area contributed by atoms with E-state index in [1.54, 1.807) is 31.2 Å². The number of rotatable bonds is 3. The van der Waals surface area contributed by atoms with Crippen molar-refractivity contribution in [1.29, 1.82) is 0 Å². The summed E-state index contributed by atoms with van der Waals surface area (Å²) >= 11 is 0. The summed E-state index contributed by atoms with van der Waals surface area (Å²) in [6, 6.07) is 6.31. The van der Waals surface area contributed by atoms with Crippen LogP contribution in [0.3, 0.4) is 0 Å². The molecule has 0 aliphatic carbocycles. The summed E-state index contributed by atoms with van der Waals surface area (Å²) < 4.78 is 0. The SMILES string of the molecule is CC(=O)Nc1cccc(NC(=O)[C@H](C)N)c1.Cl. The summed E-state index contributed by atoms with van der Waals surface area (Å²) in [5.41, 5.74) is 6.66. The van der Waals surface area contributed by atoms with E-state index in [1.165, 1.54) is 6.92 Å².